The van der Waals surface area contributed by atoms with Crippen LogP contribution in [0.25, 0.3) is 22.4 Å². The van der Waals surface area contributed by atoms with Gasteiger partial charge in [-0.2, -0.15) is 0 Å². The maximum absolute atomic E-state index is 4.65. The number of thiazole rings is 1. The molecule has 0 aliphatic heterocycles. The molecule has 3 rings (SSSR count). The molecule has 0 aliphatic rings. The van der Waals surface area contributed by atoms with Crippen molar-refractivity contribution in [2.24, 2.45) is 0 Å². The molecule has 0 spiro atoms. The Labute approximate surface area is 114 Å². The van der Waals surface area contributed by atoms with E-state index >= 15 is 0 Å². The summed E-state index contributed by atoms with van der Waals surface area (Å²) in [6.45, 7) is 4.28. The van der Waals surface area contributed by atoms with Crippen molar-refractivity contribution in [2.75, 3.05) is 0 Å². The summed E-state index contributed by atoms with van der Waals surface area (Å²) < 4.78 is 1.27. The predicted octanol–water partition coefficient (Wildman–Crippen LogP) is 5.15. The van der Waals surface area contributed by atoms with E-state index in [-0.39, 0.29) is 0 Å². The normalized spacial score (nSPS) is 11.7. The van der Waals surface area contributed by atoms with Gasteiger partial charge in [-0.3, -0.25) is 0 Å². The molecule has 0 bridgehead atoms. The number of hydrogen-bond acceptors (Lipinski definition) is 3. The fourth-order valence-corrected chi connectivity index (χ4v) is 3.38. The van der Waals surface area contributed by atoms with E-state index in [0.717, 1.165) is 10.5 Å². The first-order valence-electron chi connectivity index (χ1n) is 5.82. The van der Waals surface area contributed by atoms with Gasteiger partial charge in [0.15, 0.2) is 0 Å². The lowest BCUT2D eigenvalue weighted by atomic mass is 10.1. The maximum atomic E-state index is 4.65. The van der Waals surface area contributed by atoms with Crippen LogP contribution in [-0.4, -0.2) is 4.98 Å². The highest BCUT2D eigenvalue weighted by molar-refractivity contribution is 7.19. The summed E-state index contributed by atoms with van der Waals surface area (Å²) in [5.74, 6) is 0. The number of aryl methyl sites for hydroxylation is 2. The average molecular weight is 271 g/mol. The molecule has 0 unspecified atom stereocenters. The third-order valence-electron chi connectivity index (χ3n) is 2.95. The van der Waals surface area contributed by atoms with Gasteiger partial charge in [0.2, 0.25) is 0 Å². The van der Waals surface area contributed by atoms with Crippen LogP contribution in [-0.2, 0) is 0 Å². The van der Waals surface area contributed by atoms with Crippen LogP contribution in [0.2, 0.25) is 0 Å². The Morgan fingerprint density at radius 3 is 2.72 bits per heavy atom. The smallest absolute Gasteiger partial charge is 0.117 e. The molecule has 3 aromatic rings. The summed E-state index contributed by atoms with van der Waals surface area (Å²) >= 11 is 3.49. The summed E-state index contributed by atoms with van der Waals surface area (Å²) in [7, 11) is 0. The van der Waals surface area contributed by atoms with Crippen LogP contribution in [0.5, 0.6) is 0 Å². The minimum atomic E-state index is 1.07. The molecule has 90 valence electrons. The topological polar surface area (TPSA) is 12.9 Å². The first-order chi connectivity index (χ1) is 8.72. The van der Waals surface area contributed by atoms with Crippen LogP contribution in [0.3, 0.4) is 0 Å². The summed E-state index contributed by atoms with van der Waals surface area (Å²) in [5, 5.41) is 3.16. The Hall–Kier alpha value is -1.45. The molecule has 0 amide bonds. The Morgan fingerprint density at radius 1 is 1.11 bits per heavy atom. The van der Waals surface area contributed by atoms with Crippen LogP contribution >= 0.6 is 22.7 Å². The van der Waals surface area contributed by atoms with E-state index in [1.54, 1.807) is 22.7 Å². The Kier molecular flexibility index (Phi) is 3.02. The number of hydrogen-bond donors (Lipinski definition) is 0. The van der Waals surface area contributed by atoms with Gasteiger partial charge in [0.1, 0.15) is 5.01 Å². The second-order valence-corrected chi connectivity index (χ2v) is 6.35. The highest BCUT2D eigenvalue weighted by Crippen LogP contribution is 2.26. The summed E-state index contributed by atoms with van der Waals surface area (Å²) in [6, 6.07) is 8.58. The molecule has 0 N–H and O–H groups in total. The third-order valence-corrected chi connectivity index (χ3v) is 4.77. The van der Waals surface area contributed by atoms with Gasteiger partial charge in [0.05, 0.1) is 10.2 Å². The van der Waals surface area contributed by atoms with Gasteiger partial charge in [-0.25, -0.2) is 4.98 Å². The van der Waals surface area contributed by atoms with E-state index in [1.165, 1.54) is 20.7 Å². The highest BCUT2D eigenvalue weighted by atomic mass is 32.1. The number of thiophene rings is 1. The number of rotatable bonds is 2. The van der Waals surface area contributed by atoms with Gasteiger partial charge < -0.3 is 0 Å². The van der Waals surface area contributed by atoms with E-state index in [0.29, 0.717) is 0 Å². The van der Waals surface area contributed by atoms with Crippen molar-refractivity contribution in [3.63, 3.8) is 0 Å². The minimum Gasteiger partial charge on any atom is -0.237 e. The van der Waals surface area contributed by atoms with Crippen LogP contribution in [0, 0.1) is 13.8 Å². The van der Waals surface area contributed by atoms with Gasteiger partial charge in [0, 0.05) is 4.88 Å². The Bertz CT molecular complexity index is 667. The molecule has 0 fully saturated rings. The van der Waals surface area contributed by atoms with Gasteiger partial charge in [0.25, 0.3) is 0 Å². The third kappa shape index (κ3) is 2.24. The fraction of sp³-hybridized carbons (Fsp3) is 0.133. The SMILES string of the molecule is Cc1cc2nc(/C=C/c3cccs3)sc2cc1C. The molecule has 2 heterocycles. The van der Waals surface area contributed by atoms with Gasteiger partial charge in [-0.05, 0) is 60.7 Å². The minimum absolute atomic E-state index is 1.07. The standard InChI is InChI=1S/C15H13NS2/c1-10-8-13-14(9-11(10)2)18-15(16-13)6-5-12-4-3-7-17-12/h3-9H,1-2H3/b6-5+. The molecular formula is C15H13NS2. The first kappa shape index (κ1) is 11.6. The summed E-state index contributed by atoms with van der Waals surface area (Å²) in [4.78, 5) is 5.92. The largest absolute Gasteiger partial charge is 0.237 e. The van der Waals surface area contributed by atoms with Crippen molar-refractivity contribution < 1.29 is 0 Å². The molecule has 1 aromatic carbocycles. The molecular weight excluding hydrogens is 258 g/mol. The van der Waals surface area contributed by atoms with E-state index in [4.69, 9.17) is 0 Å². The lowest BCUT2D eigenvalue weighted by molar-refractivity contribution is 1.35. The maximum Gasteiger partial charge on any atom is 0.117 e. The molecule has 0 saturated heterocycles. The molecule has 1 nitrogen and oxygen atoms in total. The Morgan fingerprint density at radius 2 is 1.94 bits per heavy atom. The van der Waals surface area contributed by atoms with Gasteiger partial charge in [-0.1, -0.05) is 6.07 Å². The molecule has 0 radical (unpaired) electrons. The van der Waals surface area contributed by atoms with Crippen molar-refractivity contribution in [1.29, 1.82) is 0 Å². The van der Waals surface area contributed by atoms with Crippen molar-refractivity contribution in [3.8, 4) is 0 Å². The second kappa shape index (κ2) is 4.67. The molecule has 18 heavy (non-hydrogen) atoms. The molecule has 3 heteroatoms. The van der Waals surface area contributed by atoms with Crippen molar-refractivity contribution in [1.82, 2.24) is 4.98 Å². The summed E-state index contributed by atoms with van der Waals surface area (Å²) in [6.07, 6.45) is 4.23. The number of nitrogens with zero attached hydrogens (tertiary/aromatic N) is 1. The fourth-order valence-electron chi connectivity index (χ4n) is 1.81. The predicted molar refractivity (Wildman–Crippen MR) is 82.3 cm³/mol. The van der Waals surface area contributed by atoms with E-state index in [9.17, 15) is 0 Å². The van der Waals surface area contributed by atoms with Crippen LogP contribution in [0.15, 0.2) is 29.6 Å². The van der Waals surface area contributed by atoms with E-state index < -0.39 is 0 Å². The highest BCUT2D eigenvalue weighted by Gasteiger charge is 2.03. The lowest BCUT2D eigenvalue weighted by Crippen LogP contribution is -1.79. The van der Waals surface area contributed by atoms with Crippen molar-refractivity contribution in [2.45, 2.75) is 13.8 Å². The first-order valence-corrected chi connectivity index (χ1v) is 7.51. The quantitative estimate of drug-likeness (QED) is 0.628. The van der Waals surface area contributed by atoms with Crippen LogP contribution in [0.4, 0.5) is 0 Å². The zero-order valence-electron chi connectivity index (χ0n) is 10.3. The zero-order chi connectivity index (χ0) is 12.5. The van der Waals surface area contributed by atoms with Gasteiger partial charge in [-0.15, -0.1) is 22.7 Å². The van der Waals surface area contributed by atoms with E-state index in [1.807, 2.05) is 0 Å². The number of benzene rings is 1. The van der Waals surface area contributed by atoms with Crippen molar-refractivity contribution >= 4 is 45.0 Å². The average Bonchev–Trinajstić information content (AvgIpc) is 2.96. The molecule has 0 atom stereocenters. The molecule has 0 saturated carbocycles. The van der Waals surface area contributed by atoms with E-state index in [2.05, 4.69) is 60.6 Å². The number of fused-ring (bicyclic) bond motifs is 1. The zero-order valence-corrected chi connectivity index (χ0v) is 11.9. The summed E-state index contributed by atoms with van der Waals surface area (Å²) in [5.41, 5.74) is 3.75. The van der Waals surface area contributed by atoms with Crippen LogP contribution in [0.1, 0.15) is 21.0 Å². The molecule has 2 aromatic heterocycles. The lowest BCUT2D eigenvalue weighted by Gasteiger charge is -1.96. The number of aromatic nitrogens is 1. The monoisotopic (exact) mass is 271 g/mol. The second-order valence-electron chi connectivity index (χ2n) is 4.31. The van der Waals surface area contributed by atoms with Crippen LogP contribution < -0.4 is 0 Å². The Balaban J connectivity index is 1.98. The van der Waals surface area contributed by atoms with Gasteiger partial charge >= 0.3 is 0 Å². The van der Waals surface area contributed by atoms with Crippen molar-refractivity contribution in [3.05, 3.63) is 50.7 Å². The molecule has 0 aliphatic carbocycles.